The molecule has 2 aromatic heterocycles. The van der Waals surface area contributed by atoms with Gasteiger partial charge in [0, 0.05) is 27.2 Å². The van der Waals surface area contributed by atoms with Gasteiger partial charge in [-0.1, -0.05) is 35.5 Å². The van der Waals surface area contributed by atoms with Crippen LogP contribution in [-0.2, 0) is 14.1 Å². The Balaban J connectivity index is 1.75. The van der Waals surface area contributed by atoms with Gasteiger partial charge in [0.25, 0.3) is 5.56 Å². The maximum absolute atomic E-state index is 13.3. The van der Waals surface area contributed by atoms with Crippen LogP contribution >= 0.6 is 23.4 Å². The normalized spacial score (nSPS) is 14.6. The molecular weight excluding hydrogens is 466 g/mol. The standard InChI is InChI=1S/C21H24ClN7O3S/c1-12(16(30)15-17(23)26(2)21(32)27(3)18(15)31)33-20-25-24-19(28-10-6-7-11-28)29(20)14-9-5-4-8-13(14)22/h4-5,8-9,12H,6-7,10-11,23H2,1-3H3. The number of para-hydroxylation sites is 1. The van der Waals surface area contributed by atoms with Crippen molar-refractivity contribution in [3.8, 4) is 5.69 Å². The van der Waals surface area contributed by atoms with Crippen LogP contribution in [0.25, 0.3) is 5.69 Å². The summed E-state index contributed by atoms with van der Waals surface area (Å²) in [6.45, 7) is 3.37. The fourth-order valence-electron chi connectivity index (χ4n) is 3.81. The number of Topliss-reactive ketones (excluding diaryl/α,β-unsaturated/α-hetero) is 1. The van der Waals surface area contributed by atoms with Crippen molar-refractivity contribution in [2.45, 2.75) is 30.2 Å². The highest BCUT2D eigenvalue weighted by Crippen LogP contribution is 2.34. The molecule has 33 heavy (non-hydrogen) atoms. The number of carbonyl (C=O) groups is 1. The van der Waals surface area contributed by atoms with Gasteiger partial charge >= 0.3 is 5.69 Å². The number of ketones is 1. The minimum Gasteiger partial charge on any atom is -0.384 e. The molecule has 1 unspecified atom stereocenters. The fraction of sp³-hybridized carbons (Fsp3) is 0.381. The number of thioether (sulfide) groups is 1. The van der Waals surface area contributed by atoms with Gasteiger partial charge in [0.2, 0.25) is 5.95 Å². The second-order valence-corrected chi connectivity index (χ2v) is 9.57. The van der Waals surface area contributed by atoms with E-state index in [0.717, 1.165) is 46.8 Å². The molecular formula is C21H24ClN7O3S. The smallest absolute Gasteiger partial charge is 0.332 e. The van der Waals surface area contributed by atoms with E-state index >= 15 is 0 Å². The zero-order valence-corrected chi connectivity index (χ0v) is 20.1. The second-order valence-electron chi connectivity index (χ2n) is 7.85. The first kappa shape index (κ1) is 23.1. The molecule has 1 aromatic carbocycles. The molecule has 0 bridgehead atoms. The fourth-order valence-corrected chi connectivity index (χ4v) is 4.95. The number of rotatable bonds is 6. The number of benzene rings is 1. The summed E-state index contributed by atoms with van der Waals surface area (Å²) < 4.78 is 3.80. The second kappa shape index (κ2) is 9.06. The monoisotopic (exact) mass is 489 g/mol. The van der Waals surface area contributed by atoms with Crippen molar-refractivity contribution in [3.63, 3.8) is 0 Å². The first-order valence-corrected chi connectivity index (χ1v) is 11.7. The van der Waals surface area contributed by atoms with Crippen LogP contribution in [0.1, 0.15) is 30.1 Å². The van der Waals surface area contributed by atoms with Crippen molar-refractivity contribution < 1.29 is 4.79 Å². The van der Waals surface area contributed by atoms with E-state index in [9.17, 15) is 14.4 Å². The number of anilines is 2. The minimum absolute atomic E-state index is 0.161. The Morgan fingerprint density at radius 2 is 1.79 bits per heavy atom. The molecule has 1 fully saturated rings. The lowest BCUT2D eigenvalue weighted by molar-refractivity contribution is 0.0992. The van der Waals surface area contributed by atoms with Crippen molar-refractivity contribution in [1.29, 1.82) is 0 Å². The molecule has 1 atom stereocenters. The zero-order valence-electron chi connectivity index (χ0n) is 18.5. The lowest BCUT2D eigenvalue weighted by Gasteiger charge is -2.20. The highest BCUT2D eigenvalue weighted by Gasteiger charge is 2.29. The molecule has 174 valence electrons. The van der Waals surface area contributed by atoms with Gasteiger partial charge in [0.1, 0.15) is 11.4 Å². The molecule has 3 heterocycles. The number of nitrogen functional groups attached to an aromatic ring is 1. The summed E-state index contributed by atoms with van der Waals surface area (Å²) in [5, 5.41) is 8.99. The van der Waals surface area contributed by atoms with Gasteiger partial charge in [-0.25, -0.2) is 4.79 Å². The summed E-state index contributed by atoms with van der Waals surface area (Å²) in [5.41, 5.74) is 5.14. The molecule has 4 rings (SSSR count). The van der Waals surface area contributed by atoms with Crippen LogP contribution in [0.4, 0.5) is 11.8 Å². The van der Waals surface area contributed by atoms with Crippen molar-refractivity contribution in [2.24, 2.45) is 14.1 Å². The van der Waals surface area contributed by atoms with E-state index in [-0.39, 0.29) is 11.4 Å². The van der Waals surface area contributed by atoms with Gasteiger partial charge in [0.15, 0.2) is 10.9 Å². The minimum atomic E-state index is -0.727. The first-order valence-electron chi connectivity index (χ1n) is 10.4. The molecule has 2 N–H and O–H groups in total. The third kappa shape index (κ3) is 4.06. The number of hydrogen-bond acceptors (Lipinski definition) is 8. The van der Waals surface area contributed by atoms with E-state index in [4.69, 9.17) is 17.3 Å². The number of hydrogen-bond donors (Lipinski definition) is 1. The lowest BCUT2D eigenvalue weighted by atomic mass is 10.1. The van der Waals surface area contributed by atoms with Gasteiger partial charge < -0.3 is 10.6 Å². The molecule has 0 saturated carbocycles. The Labute approximate surface area is 199 Å². The molecule has 12 heteroatoms. The highest BCUT2D eigenvalue weighted by molar-refractivity contribution is 8.00. The number of halogens is 1. The van der Waals surface area contributed by atoms with Crippen LogP contribution in [0.5, 0.6) is 0 Å². The van der Waals surface area contributed by atoms with E-state index in [1.165, 1.54) is 14.1 Å². The van der Waals surface area contributed by atoms with Gasteiger partial charge in [-0.15, -0.1) is 10.2 Å². The van der Waals surface area contributed by atoms with E-state index < -0.39 is 22.3 Å². The molecule has 1 aliphatic rings. The van der Waals surface area contributed by atoms with Crippen LogP contribution in [-0.4, -0.2) is 48.0 Å². The maximum atomic E-state index is 13.3. The van der Waals surface area contributed by atoms with Gasteiger partial charge in [0.05, 0.1) is 16.0 Å². The van der Waals surface area contributed by atoms with Gasteiger partial charge in [-0.05, 0) is 31.9 Å². The van der Waals surface area contributed by atoms with Gasteiger partial charge in [-0.2, -0.15) is 0 Å². The van der Waals surface area contributed by atoms with Gasteiger partial charge in [-0.3, -0.25) is 23.3 Å². The zero-order chi connectivity index (χ0) is 23.9. The molecule has 10 nitrogen and oxygen atoms in total. The van der Waals surface area contributed by atoms with Crippen LogP contribution in [0.15, 0.2) is 39.0 Å². The summed E-state index contributed by atoms with van der Waals surface area (Å²) in [7, 11) is 2.73. The molecule has 1 aliphatic heterocycles. The summed E-state index contributed by atoms with van der Waals surface area (Å²) in [5.74, 6) is -0.00343. The SMILES string of the molecule is CC(Sc1nnc(N2CCCC2)n1-c1ccccc1Cl)C(=O)c1c(N)n(C)c(=O)n(C)c1=O. The average Bonchev–Trinajstić information content (AvgIpc) is 3.47. The first-order chi connectivity index (χ1) is 15.7. The third-order valence-corrected chi connectivity index (χ3v) is 7.07. The Bertz CT molecular complexity index is 1340. The summed E-state index contributed by atoms with van der Waals surface area (Å²) in [6, 6.07) is 7.35. The van der Waals surface area contributed by atoms with E-state index in [0.29, 0.717) is 21.8 Å². The van der Waals surface area contributed by atoms with E-state index in [2.05, 4.69) is 15.1 Å². The summed E-state index contributed by atoms with van der Waals surface area (Å²) in [4.78, 5) is 40.1. The largest absolute Gasteiger partial charge is 0.384 e. The van der Waals surface area contributed by atoms with Crippen LogP contribution < -0.4 is 21.9 Å². The lowest BCUT2D eigenvalue weighted by Crippen LogP contribution is -2.42. The van der Waals surface area contributed by atoms with Crippen LogP contribution in [0.2, 0.25) is 5.02 Å². The number of nitrogens with zero attached hydrogens (tertiary/aromatic N) is 6. The topological polar surface area (TPSA) is 121 Å². The summed E-state index contributed by atoms with van der Waals surface area (Å²) in [6.07, 6.45) is 2.12. The van der Waals surface area contributed by atoms with Crippen molar-refractivity contribution in [3.05, 3.63) is 55.7 Å². The number of aromatic nitrogens is 5. The average molecular weight is 490 g/mol. The Kier molecular flexibility index (Phi) is 6.35. The molecule has 1 saturated heterocycles. The molecule has 0 radical (unpaired) electrons. The maximum Gasteiger partial charge on any atom is 0.332 e. The van der Waals surface area contributed by atoms with E-state index in [1.54, 1.807) is 13.0 Å². The van der Waals surface area contributed by atoms with Crippen molar-refractivity contribution in [1.82, 2.24) is 23.9 Å². The van der Waals surface area contributed by atoms with Crippen LogP contribution in [0, 0.1) is 0 Å². The van der Waals surface area contributed by atoms with Crippen LogP contribution in [0.3, 0.4) is 0 Å². The van der Waals surface area contributed by atoms with Crippen molar-refractivity contribution in [2.75, 3.05) is 23.7 Å². The molecule has 0 amide bonds. The third-order valence-electron chi connectivity index (χ3n) is 5.71. The molecule has 0 aliphatic carbocycles. The molecule has 0 spiro atoms. The quantitative estimate of drug-likeness (QED) is 0.411. The Morgan fingerprint density at radius 1 is 1.12 bits per heavy atom. The van der Waals surface area contributed by atoms with E-state index in [1.807, 2.05) is 22.8 Å². The number of nitrogens with two attached hydrogens (primary N) is 1. The Hall–Kier alpha value is -3.05. The summed E-state index contributed by atoms with van der Waals surface area (Å²) >= 11 is 7.64. The highest BCUT2D eigenvalue weighted by atomic mass is 35.5. The predicted octanol–water partition coefficient (Wildman–Crippen LogP) is 1.86. The Morgan fingerprint density at radius 3 is 2.45 bits per heavy atom. The number of carbonyl (C=O) groups excluding carboxylic acids is 1. The van der Waals surface area contributed by atoms with Crippen molar-refractivity contribution >= 4 is 40.9 Å². The molecule has 3 aromatic rings. The predicted molar refractivity (Wildman–Crippen MR) is 129 cm³/mol.